The van der Waals surface area contributed by atoms with Crippen LogP contribution < -0.4 is 10.6 Å². The molecule has 0 radical (unpaired) electrons. The van der Waals surface area contributed by atoms with Crippen molar-refractivity contribution in [1.29, 1.82) is 0 Å². The summed E-state index contributed by atoms with van der Waals surface area (Å²) >= 11 is 5.86. The van der Waals surface area contributed by atoms with Gasteiger partial charge in [-0.25, -0.2) is 24.4 Å². The lowest BCUT2D eigenvalue weighted by molar-refractivity contribution is 0.262. The van der Waals surface area contributed by atoms with Gasteiger partial charge in [-0.15, -0.1) is 0 Å². The molecule has 0 atom stereocenters. The predicted molar refractivity (Wildman–Crippen MR) is 81.0 cm³/mol. The fourth-order valence-electron chi connectivity index (χ4n) is 1.71. The van der Waals surface area contributed by atoms with Crippen LogP contribution in [0.25, 0.3) is 5.82 Å². The van der Waals surface area contributed by atoms with E-state index in [0.29, 0.717) is 22.3 Å². The van der Waals surface area contributed by atoms with Crippen molar-refractivity contribution >= 4 is 29.1 Å². The van der Waals surface area contributed by atoms with Gasteiger partial charge in [-0.2, -0.15) is 5.10 Å². The van der Waals surface area contributed by atoms with E-state index in [4.69, 9.17) is 11.6 Å². The predicted octanol–water partition coefficient (Wildman–Crippen LogP) is 2.35. The molecule has 0 bridgehead atoms. The van der Waals surface area contributed by atoms with Crippen LogP contribution in [0.5, 0.6) is 0 Å². The van der Waals surface area contributed by atoms with E-state index in [-0.39, 0.29) is 0 Å². The quantitative estimate of drug-likeness (QED) is 0.773. The van der Waals surface area contributed by atoms with Crippen molar-refractivity contribution in [3.05, 3.63) is 54.3 Å². The van der Waals surface area contributed by atoms with Crippen LogP contribution >= 0.6 is 11.6 Å². The van der Waals surface area contributed by atoms with Gasteiger partial charge >= 0.3 is 6.03 Å². The van der Waals surface area contributed by atoms with Crippen molar-refractivity contribution in [3.8, 4) is 5.82 Å². The highest BCUT2D eigenvalue weighted by Gasteiger charge is 2.06. The molecule has 0 aliphatic rings. The molecule has 0 aliphatic heterocycles. The summed E-state index contributed by atoms with van der Waals surface area (Å²) in [5, 5.41) is 9.75. The zero-order valence-corrected chi connectivity index (χ0v) is 11.9. The van der Waals surface area contributed by atoms with Gasteiger partial charge in [0.05, 0.1) is 0 Å². The molecule has 2 N–H and O–H groups in total. The number of hydrogen-bond donors (Lipinski definition) is 2. The molecule has 22 heavy (non-hydrogen) atoms. The first-order valence-corrected chi connectivity index (χ1v) is 6.59. The van der Waals surface area contributed by atoms with Gasteiger partial charge in [0, 0.05) is 16.8 Å². The van der Waals surface area contributed by atoms with E-state index in [0.717, 1.165) is 0 Å². The van der Waals surface area contributed by atoms with Gasteiger partial charge in [0.25, 0.3) is 0 Å². The first-order valence-electron chi connectivity index (χ1n) is 6.21. The molecule has 2 aromatic heterocycles. The minimum Gasteiger partial charge on any atom is -0.308 e. The largest absolute Gasteiger partial charge is 0.324 e. The van der Waals surface area contributed by atoms with Crippen molar-refractivity contribution in [1.82, 2.24) is 24.7 Å². The van der Waals surface area contributed by atoms with Crippen LogP contribution in [-0.2, 0) is 0 Å². The molecule has 1 aromatic carbocycles. The standard InChI is InChI=1S/C13H10ClN7O/c14-9-2-1-3-10(4-9)19-13(22)20-11-5-12(17-7-16-11)21-8-15-6-18-21/h1-8H,(H2,16,17,19,20,22). The fourth-order valence-corrected chi connectivity index (χ4v) is 1.90. The summed E-state index contributed by atoms with van der Waals surface area (Å²) in [5.41, 5.74) is 0.579. The lowest BCUT2D eigenvalue weighted by atomic mass is 10.3. The Balaban J connectivity index is 1.70. The number of halogens is 1. The van der Waals surface area contributed by atoms with Crippen molar-refractivity contribution in [2.24, 2.45) is 0 Å². The summed E-state index contributed by atoms with van der Waals surface area (Å²) < 4.78 is 1.46. The molecule has 8 nitrogen and oxygen atoms in total. The zero-order chi connectivity index (χ0) is 15.4. The Hall–Kier alpha value is -3.00. The Morgan fingerprint density at radius 3 is 2.82 bits per heavy atom. The lowest BCUT2D eigenvalue weighted by Crippen LogP contribution is -2.20. The maximum Gasteiger partial charge on any atom is 0.324 e. The summed E-state index contributed by atoms with van der Waals surface area (Å²) in [7, 11) is 0. The molecule has 3 rings (SSSR count). The van der Waals surface area contributed by atoms with Crippen molar-refractivity contribution in [3.63, 3.8) is 0 Å². The van der Waals surface area contributed by atoms with Crippen LogP contribution in [0.15, 0.2) is 49.3 Å². The first kappa shape index (κ1) is 14.0. The van der Waals surface area contributed by atoms with Gasteiger partial charge in [-0.05, 0) is 18.2 Å². The second kappa shape index (κ2) is 6.19. The Morgan fingerprint density at radius 1 is 1.14 bits per heavy atom. The Kier molecular flexibility index (Phi) is 3.92. The average molecular weight is 316 g/mol. The van der Waals surface area contributed by atoms with Gasteiger partial charge in [-0.1, -0.05) is 17.7 Å². The van der Waals surface area contributed by atoms with Crippen LogP contribution in [0.3, 0.4) is 0 Å². The number of amides is 2. The highest BCUT2D eigenvalue weighted by atomic mass is 35.5. The molecule has 2 heterocycles. The van der Waals surface area contributed by atoms with Gasteiger partial charge in [-0.3, -0.25) is 5.32 Å². The molecular formula is C13H10ClN7O. The third-order valence-corrected chi connectivity index (χ3v) is 2.87. The van der Waals surface area contributed by atoms with E-state index in [1.54, 1.807) is 30.3 Å². The monoisotopic (exact) mass is 315 g/mol. The minimum absolute atomic E-state index is 0.333. The summed E-state index contributed by atoms with van der Waals surface area (Å²) in [5.74, 6) is 0.825. The van der Waals surface area contributed by atoms with Gasteiger partial charge in [0.1, 0.15) is 24.8 Å². The van der Waals surface area contributed by atoms with E-state index in [2.05, 4.69) is 30.7 Å². The van der Waals surface area contributed by atoms with Crippen LogP contribution in [-0.4, -0.2) is 30.8 Å². The number of nitrogens with zero attached hydrogens (tertiary/aromatic N) is 5. The zero-order valence-electron chi connectivity index (χ0n) is 11.1. The second-order valence-electron chi connectivity index (χ2n) is 4.19. The second-order valence-corrected chi connectivity index (χ2v) is 4.63. The third-order valence-electron chi connectivity index (χ3n) is 2.63. The number of carbonyl (C=O) groups excluding carboxylic acids is 1. The highest BCUT2D eigenvalue weighted by molar-refractivity contribution is 6.30. The number of nitrogens with one attached hydrogen (secondary N) is 2. The molecule has 0 fully saturated rings. The van der Waals surface area contributed by atoms with Crippen LogP contribution in [0.4, 0.5) is 16.3 Å². The normalized spacial score (nSPS) is 10.2. The van der Waals surface area contributed by atoms with Gasteiger partial charge in [0.15, 0.2) is 5.82 Å². The number of urea groups is 1. The van der Waals surface area contributed by atoms with Gasteiger partial charge < -0.3 is 5.32 Å². The molecule has 0 aliphatic carbocycles. The summed E-state index contributed by atoms with van der Waals surface area (Å²) in [6.45, 7) is 0. The highest BCUT2D eigenvalue weighted by Crippen LogP contribution is 2.15. The fraction of sp³-hybridized carbons (Fsp3) is 0. The molecule has 2 amide bonds. The van der Waals surface area contributed by atoms with E-state index in [9.17, 15) is 4.79 Å². The molecular weight excluding hydrogens is 306 g/mol. The molecule has 0 spiro atoms. The molecule has 9 heteroatoms. The lowest BCUT2D eigenvalue weighted by Gasteiger charge is -2.08. The van der Waals surface area contributed by atoms with Crippen LogP contribution in [0, 0.1) is 0 Å². The Bertz CT molecular complexity index is 791. The smallest absolute Gasteiger partial charge is 0.308 e. The van der Waals surface area contributed by atoms with Crippen molar-refractivity contribution < 1.29 is 4.79 Å². The first-order chi connectivity index (χ1) is 10.7. The van der Waals surface area contributed by atoms with Crippen LogP contribution in [0.2, 0.25) is 5.02 Å². The van der Waals surface area contributed by atoms with Gasteiger partial charge in [0.2, 0.25) is 0 Å². The van der Waals surface area contributed by atoms with Crippen LogP contribution in [0.1, 0.15) is 0 Å². The van der Waals surface area contributed by atoms with Crippen molar-refractivity contribution in [2.45, 2.75) is 0 Å². The SMILES string of the molecule is O=C(Nc1cccc(Cl)c1)Nc1cc(-n2cncn2)ncn1. The maximum absolute atomic E-state index is 11.9. The Labute approximate surface area is 130 Å². The molecule has 3 aromatic rings. The summed E-state index contributed by atoms with van der Waals surface area (Å²) in [4.78, 5) is 23.8. The number of benzene rings is 1. The average Bonchev–Trinajstić information content (AvgIpc) is 3.01. The number of anilines is 2. The molecule has 0 saturated carbocycles. The molecule has 110 valence electrons. The summed E-state index contributed by atoms with van der Waals surface area (Å²) in [6, 6.07) is 7.97. The number of aromatic nitrogens is 5. The topological polar surface area (TPSA) is 97.6 Å². The maximum atomic E-state index is 11.9. The number of hydrogen-bond acceptors (Lipinski definition) is 5. The Morgan fingerprint density at radius 2 is 2.05 bits per heavy atom. The van der Waals surface area contributed by atoms with E-state index in [1.807, 2.05) is 0 Å². The number of carbonyl (C=O) groups is 1. The van der Waals surface area contributed by atoms with Crippen molar-refractivity contribution in [2.75, 3.05) is 10.6 Å². The minimum atomic E-state index is -0.439. The number of rotatable bonds is 3. The molecule has 0 saturated heterocycles. The van der Waals surface area contributed by atoms with E-state index >= 15 is 0 Å². The van der Waals surface area contributed by atoms with E-state index < -0.39 is 6.03 Å². The summed E-state index contributed by atoms with van der Waals surface area (Å²) in [6.07, 6.45) is 4.21. The van der Waals surface area contributed by atoms with E-state index in [1.165, 1.54) is 23.7 Å². The third kappa shape index (κ3) is 3.36. The molecule has 0 unspecified atom stereocenters.